The zero-order valence-electron chi connectivity index (χ0n) is 23.6. The summed E-state index contributed by atoms with van der Waals surface area (Å²) in [6.07, 6.45) is 0.636. The number of carbonyl (C=O) groups excluding carboxylic acids is 2. The van der Waals surface area contributed by atoms with Crippen molar-refractivity contribution in [2.24, 2.45) is 0 Å². The third-order valence-corrected chi connectivity index (χ3v) is 7.46. The fraction of sp³-hybridized carbons (Fsp3) is 0.333. The number of hydrogen-bond acceptors (Lipinski definition) is 7. The van der Waals surface area contributed by atoms with E-state index in [2.05, 4.69) is 4.90 Å². The molecule has 0 spiro atoms. The molecule has 1 unspecified atom stereocenters. The second-order valence-corrected chi connectivity index (χ2v) is 10.2. The van der Waals surface area contributed by atoms with Crippen molar-refractivity contribution in [1.29, 1.82) is 0 Å². The third-order valence-electron chi connectivity index (χ3n) is 7.46. The van der Waals surface area contributed by atoms with Crippen LogP contribution in [-0.2, 0) is 20.9 Å². The predicted octanol–water partition coefficient (Wildman–Crippen LogP) is 4.95. The number of amides is 1. The van der Waals surface area contributed by atoms with Crippen LogP contribution in [0.2, 0.25) is 0 Å². The summed E-state index contributed by atoms with van der Waals surface area (Å²) < 4.78 is 31.0. The number of rotatable bonds is 11. The van der Waals surface area contributed by atoms with E-state index in [0.29, 0.717) is 56.5 Å². The summed E-state index contributed by atoms with van der Waals surface area (Å²) >= 11 is 0. The second kappa shape index (κ2) is 13.6. The molecular formula is C33H35FN2O6. The molecule has 2 saturated heterocycles. The van der Waals surface area contributed by atoms with Gasteiger partial charge in [-0.05, 0) is 60.9 Å². The minimum atomic E-state index is -0.859. The van der Waals surface area contributed by atoms with Crippen molar-refractivity contribution in [3.8, 4) is 11.5 Å². The van der Waals surface area contributed by atoms with Gasteiger partial charge in [-0.1, -0.05) is 36.4 Å². The lowest BCUT2D eigenvalue weighted by Gasteiger charge is -2.29. The van der Waals surface area contributed by atoms with Crippen LogP contribution in [-0.4, -0.2) is 72.6 Å². The van der Waals surface area contributed by atoms with Crippen molar-refractivity contribution in [3.63, 3.8) is 0 Å². The number of aliphatic hydroxyl groups is 1. The zero-order valence-corrected chi connectivity index (χ0v) is 23.6. The molecule has 8 nitrogen and oxygen atoms in total. The predicted molar refractivity (Wildman–Crippen MR) is 156 cm³/mol. The normalized spacial score (nSPS) is 18.8. The molecule has 1 atom stereocenters. The van der Waals surface area contributed by atoms with Gasteiger partial charge < -0.3 is 24.2 Å². The second-order valence-electron chi connectivity index (χ2n) is 10.2. The Morgan fingerprint density at radius 3 is 2.40 bits per heavy atom. The van der Waals surface area contributed by atoms with Crippen LogP contribution >= 0.6 is 0 Å². The van der Waals surface area contributed by atoms with E-state index in [1.165, 1.54) is 29.2 Å². The number of ether oxygens (including phenoxy) is 3. The van der Waals surface area contributed by atoms with E-state index in [1.54, 1.807) is 18.2 Å². The Morgan fingerprint density at radius 2 is 1.69 bits per heavy atom. The lowest BCUT2D eigenvalue weighted by Crippen LogP contribution is -2.39. The van der Waals surface area contributed by atoms with Crippen molar-refractivity contribution in [2.75, 3.05) is 46.0 Å². The summed E-state index contributed by atoms with van der Waals surface area (Å²) in [6.45, 7) is 6.59. The van der Waals surface area contributed by atoms with Gasteiger partial charge in [0.05, 0.1) is 31.4 Å². The zero-order chi connectivity index (χ0) is 29.5. The monoisotopic (exact) mass is 574 g/mol. The molecular weight excluding hydrogens is 539 g/mol. The quantitative estimate of drug-likeness (QED) is 0.197. The Hall–Kier alpha value is -4.21. The summed E-state index contributed by atoms with van der Waals surface area (Å²) in [5, 5.41) is 11.3. The van der Waals surface area contributed by atoms with E-state index in [4.69, 9.17) is 14.2 Å². The molecule has 9 heteroatoms. The largest absolute Gasteiger partial charge is 0.507 e. The van der Waals surface area contributed by atoms with E-state index in [-0.39, 0.29) is 16.9 Å². The number of morpholine rings is 1. The minimum Gasteiger partial charge on any atom is -0.507 e. The number of Topliss-reactive ketones (excluding diaryl/α,β-unsaturated/α-hetero) is 1. The van der Waals surface area contributed by atoms with Gasteiger partial charge in [-0.2, -0.15) is 0 Å². The van der Waals surface area contributed by atoms with Crippen LogP contribution in [0.3, 0.4) is 0 Å². The Labute approximate surface area is 244 Å². The molecule has 1 N–H and O–H groups in total. The lowest BCUT2D eigenvalue weighted by molar-refractivity contribution is -0.140. The Morgan fingerprint density at radius 1 is 0.952 bits per heavy atom. The van der Waals surface area contributed by atoms with Crippen LogP contribution in [0.5, 0.6) is 11.5 Å². The molecule has 0 bridgehead atoms. The highest BCUT2D eigenvalue weighted by molar-refractivity contribution is 6.46. The number of aliphatic hydroxyl groups excluding tert-OH is 1. The number of likely N-dealkylation sites (tertiary alicyclic amines) is 1. The van der Waals surface area contributed by atoms with Crippen LogP contribution in [0.1, 0.15) is 36.1 Å². The number of carbonyl (C=O) groups is 2. The van der Waals surface area contributed by atoms with Crippen molar-refractivity contribution in [2.45, 2.75) is 26.0 Å². The van der Waals surface area contributed by atoms with Gasteiger partial charge >= 0.3 is 0 Å². The number of nitrogens with zero attached hydrogens (tertiary/aromatic N) is 2. The van der Waals surface area contributed by atoms with Crippen LogP contribution in [0.15, 0.2) is 78.4 Å². The summed E-state index contributed by atoms with van der Waals surface area (Å²) in [6, 6.07) is 19.4. The van der Waals surface area contributed by atoms with Gasteiger partial charge in [0.15, 0.2) is 11.5 Å². The number of halogens is 1. The molecule has 2 aliphatic heterocycles. The smallest absolute Gasteiger partial charge is 0.295 e. The van der Waals surface area contributed by atoms with Crippen LogP contribution in [0, 0.1) is 5.82 Å². The maximum Gasteiger partial charge on any atom is 0.295 e. The molecule has 2 heterocycles. The molecule has 0 aliphatic carbocycles. The van der Waals surface area contributed by atoms with Gasteiger partial charge in [-0.3, -0.25) is 14.5 Å². The molecule has 42 heavy (non-hydrogen) atoms. The van der Waals surface area contributed by atoms with Crippen molar-refractivity contribution < 1.29 is 33.3 Å². The fourth-order valence-corrected chi connectivity index (χ4v) is 5.33. The molecule has 3 aromatic carbocycles. The molecule has 2 fully saturated rings. The molecule has 0 aromatic heterocycles. The summed E-state index contributed by atoms with van der Waals surface area (Å²) in [5.74, 6) is -1.31. The SMILES string of the molecule is CCOc1cc(C2/C(=C(\O)c3ccc(F)cc3)C(=O)C(=O)N2CCCN2CCOCC2)ccc1OCc1ccccc1. The fourth-order valence-electron chi connectivity index (χ4n) is 5.33. The summed E-state index contributed by atoms with van der Waals surface area (Å²) in [7, 11) is 0. The van der Waals surface area contributed by atoms with Gasteiger partial charge in [0.1, 0.15) is 18.2 Å². The maximum absolute atomic E-state index is 13.6. The van der Waals surface area contributed by atoms with Gasteiger partial charge in [-0.15, -0.1) is 0 Å². The first-order valence-electron chi connectivity index (χ1n) is 14.2. The highest BCUT2D eigenvalue weighted by atomic mass is 19.1. The first-order chi connectivity index (χ1) is 20.5. The van der Waals surface area contributed by atoms with E-state index >= 15 is 0 Å². The Bertz CT molecular complexity index is 1420. The molecule has 2 aliphatic rings. The van der Waals surface area contributed by atoms with Crippen molar-refractivity contribution >= 4 is 17.4 Å². The molecule has 3 aromatic rings. The van der Waals surface area contributed by atoms with E-state index in [9.17, 15) is 19.1 Å². The van der Waals surface area contributed by atoms with Gasteiger partial charge in [-0.25, -0.2) is 4.39 Å². The Kier molecular flexibility index (Phi) is 9.51. The van der Waals surface area contributed by atoms with E-state index < -0.39 is 23.5 Å². The van der Waals surface area contributed by atoms with Crippen LogP contribution < -0.4 is 9.47 Å². The first-order valence-corrected chi connectivity index (χ1v) is 14.2. The molecule has 5 rings (SSSR count). The maximum atomic E-state index is 13.6. The highest BCUT2D eigenvalue weighted by Crippen LogP contribution is 2.42. The standard InChI is InChI=1S/C33H35FN2O6/c1-2-41-28-21-25(11-14-27(28)42-22-23-7-4-3-5-8-23)30-29(31(37)24-9-12-26(34)13-10-24)32(38)33(39)36(30)16-6-15-35-17-19-40-20-18-35/h3-5,7-14,21,30,37H,2,6,15-20,22H2,1H3/b31-29+. The number of hydrogen-bond donors (Lipinski definition) is 1. The average Bonchev–Trinajstić information content (AvgIpc) is 3.27. The first kappa shape index (κ1) is 29.3. The van der Waals surface area contributed by atoms with Gasteiger partial charge in [0.2, 0.25) is 0 Å². The molecule has 1 amide bonds. The highest BCUT2D eigenvalue weighted by Gasteiger charge is 2.46. The van der Waals surface area contributed by atoms with Gasteiger partial charge in [0.25, 0.3) is 11.7 Å². The van der Waals surface area contributed by atoms with E-state index in [1.807, 2.05) is 37.3 Å². The molecule has 0 saturated carbocycles. The molecule has 0 radical (unpaired) electrons. The lowest BCUT2D eigenvalue weighted by atomic mass is 9.95. The topological polar surface area (TPSA) is 88.5 Å². The average molecular weight is 575 g/mol. The van der Waals surface area contributed by atoms with Crippen LogP contribution in [0.25, 0.3) is 5.76 Å². The van der Waals surface area contributed by atoms with Crippen LogP contribution in [0.4, 0.5) is 4.39 Å². The minimum absolute atomic E-state index is 0.0432. The summed E-state index contributed by atoms with van der Waals surface area (Å²) in [5.41, 5.74) is 1.80. The van der Waals surface area contributed by atoms with E-state index in [0.717, 1.165) is 25.2 Å². The number of ketones is 1. The number of benzene rings is 3. The third kappa shape index (κ3) is 6.64. The van der Waals surface area contributed by atoms with Gasteiger partial charge in [0, 0.05) is 31.7 Å². The molecule has 220 valence electrons. The summed E-state index contributed by atoms with van der Waals surface area (Å²) in [4.78, 5) is 30.6. The van der Waals surface area contributed by atoms with Crippen molar-refractivity contribution in [3.05, 3.63) is 101 Å². The van der Waals surface area contributed by atoms with Crippen molar-refractivity contribution in [1.82, 2.24) is 9.80 Å². The Balaban J connectivity index is 1.49.